The molecule has 4 rings (SSSR count). The topological polar surface area (TPSA) is 121 Å². The Labute approximate surface area is 232 Å². The zero-order valence-corrected chi connectivity index (χ0v) is 22.5. The van der Waals surface area contributed by atoms with E-state index in [1.165, 1.54) is 36.3 Å². The van der Waals surface area contributed by atoms with Crippen molar-refractivity contribution in [3.63, 3.8) is 0 Å². The van der Waals surface area contributed by atoms with Crippen molar-refractivity contribution in [2.45, 2.75) is 18.6 Å². The van der Waals surface area contributed by atoms with Gasteiger partial charge >= 0.3 is 6.03 Å². The molecule has 40 heavy (non-hydrogen) atoms. The Kier molecular flexibility index (Phi) is 9.91. The molecular weight excluding hydrogens is 523 g/mol. The van der Waals surface area contributed by atoms with Gasteiger partial charge in [0.2, 0.25) is 11.8 Å². The number of nitrogens with one attached hydrogen (secondary N) is 1. The largest absolute Gasteiger partial charge is 0.494 e. The predicted molar refractivity (Wildman–Crippen MR) is 142 cm³/mol. The molecule has 0 aliphatic carbocycles. The Morgan fingerprint density at radius 3 is 2.40 bits per heavy atom. The van der Waals surface area contributed by atoms with Gasteiger partial charge in [-0.1, -0.05) is 12.1 Å². The van der Waals surface area contributed by atoms with Crippen LogP contribution in [0.5, 0.6) is 11.5 Å². The molecule has 2 fully saturated rings. The number of rotatable bonds is 12. The zero-order chi connectivity index (χ0) is 28.5. The average Bonchev–Trinajstić information content (AvgIpc) is 3.15. The molecule has 2 heterocycles. The number of imide groups is 1. The molecule has 1 atom stereocenters. The summed E-state index contributed by atoms with van der Waals surface area (Å²) < 4.78 is 29.8. The monoisotopic (exact) mass is 558 g/mol. The van der Waals surface area contributed by atoms with Crippen LogP contribution in [-0.4, -0.2) is 109 Å². The molecular formula is C28H35FN4O7. The summed E-state index contributed by atoms with van der Waals surface area (Å²) in [4.78, 5) is 40.5. The quantitative estimate of drug-likeness (QED) is 0.295. The summed E-state index contributed by atoms with van der Waals surface area (Å²) in [6.45, 7) is 2.58. The van der Waals surface area contributed by atoms with Crippen molar-refractivity contribution < 1.29 is 38.1 Å². The minimum absolute atomic E-state index is 0.0763. The maximum Gasteiger partial charge on any atom is 0.324 e. The summed E-state index contributed by atoms with van der Waals surface area (Å²) in [5.41, 5.74) is -0.369. The van der Waals surface area contributed by atoms with Crippen LogP contribution >= 0.6 is 0 Å². The fourth-order valence-corrected chi connectivity index (χ4v) is 4.70. The van der Waals surface area contributed by atoms with Crippen molar-refractivity contribution in [1.29, 1.82) is 0 Å². The van der Waals surface area contributed by atoms with E-state index in [0.717, 1.165) is 5.56 Å². The number of carbonyl (C=O) groups excluding carboxylic acids is 3. The molecule has 11 nitrogen and oxygen atoms in total. The second kappa shape index (κ2) is 13.6. The number of urea groups is 1. The molecule has 2 aliphatic heterocycles. The van der Waals surface area contributed by atoms with Crippen molar-refractivity contribution in [3.8, 4) is 11.5 Å². The van der Waals surface area contributed by atoms with E-state index in [2.05, 4.69) is 10.2 Å². The molecule has 2 saturated heterocycles. The summed E-state index contributed by atoms with van der Waals surface area (Å²) in [7, 11) is 1.45. The van der Waals surface area contributed by atoms with E-state index in [0.29, 0.717) is 50.7 Å². The summed E-state index contributed by atoms with van der Waals surface area (Å²) in [6, 6.07) is 12.8. The van der Waals surface area contributed by atoms with Gasteiger partial charge < -0.3 is 29.1 Å². The van der Waals surface area contributed by atoms with Crippen LogP contribution in [0.4, 0.5) is 9.18 Å². The van der Waals surface area contributed by atoms with Gasteiger partial charge in [0.1, 0.15) is 42.7 Å². The molecule has 2 N–H and O–H groups in total. The van der Waals surface area contributed by atoms with Gasteiger partial charge in [-0.05, 0) is 48.4 Å². The predicted octanol–water partition coefficient (Wildman–Crippen LogP) is 1.25. The van der Waals surface area contributed by atoms with Gasteiger partial charge in [0.05, 0.1) is 13.2 Å². The minimum atomic E-state index is -1.37. The van der Waals surface area contributed by atoms with Crippen LogP contribution in [0, 0.1) is 5.82 Å². The Morgan fingerprint density at radius 1 is 1.02 bits per heavy atom. The molecule has 2 aromatic rings. The van der Waals surface area contributed by atoms with Crippen molar-refractivity contribution >= 4 is 17.8 Å². The van der Waals surface area contributed by atoms with E-state index in [9.17, 15) is 23.9 Å². The minimum Gasteiger partial charge on any atom is -0.494 e. The van der Waals surface area contributed by atoms with E-state index in [1.807, 2.05) is 24.3 Å². The zero-order valence-electron chi connectivity index (χ0n) is 22.5. The fourth-order valence-electron chi connectivity index (χ4n) is 4.70. The lowest BCUT2D eigenvalue weighted by atomic mass is 10.0. The summed E-state index contributed by atoms with van der Waals surface area (Å²) >= 11 is 0. The van der Waals surface area contributed by atoms with E-state index in [-0.39, 0.29) is 56.5 Å². The van der Waals surface area contributed by atoms with Crippen LogP contribution in [0.1, 0.15) is 12.0 Å². The maximum absolute atomic E-state index is 13.3. The highest BCUT2D eigenvalue weighted by Gasteiger charge is 2.37. The molecule has 0 aromatic heterocycles. The van der Waals surface area contributed by atoms with Crippen molar-refractivity contribution in [2.24, 2.45) is 0 Å². The number of carbonyl (C=O) groups is 3. The van der Waals surface area contributed by atoms with Crippen LogP contribution in [0.3, 0.4) is 0 Å². The van der Waals surface area contributed by atoms with Crippen molar-refractivity contribution in [2.75, 3.05) is 66.2 Å². The van der Waals surface area contributed by atoms with Crippen LogP contribution < -0.4 is 14.8 Å². The van der Waals surface area contributed by atoms with Gasteiger partial charge in [-0.25, -0.2) is 9.18 Å². The number of methoxy groups -OCH3 is 1. The van der Waals surface area contributed by atoms with Gasteiger partial charge in [0, 0.05) is 39.8 Å². The van der Waals surface area contributed by atoms with Gasteiger partial charge in [-0.2, -0.15) is 0 Å². The van der Waals surface area contributed by atoms with Gasteiger partial charge in [0.15, 0.2) is 0 Å². The highest BCUT2D eigenvalue weighted by atomic mass is 19.1. The fraction of sp³-hybridized carbons (Fsp3) is 0.464. The molecule has 2 aromatic carbocycles. The lowest BCUT2D eigenvalue weighted by Crippen LogP contribution is -2.52. The summed E-state index contributed by atoms with van der Waals surface area (Å²) in [5, 5.41) is 13.8. The van der Waals surface area contributed by atoms with E-state index >= 15 is 0 Å². The lowest BCUT2D eigenvalue weighted by molar-refractivity contribution is -0.138. The van der Waals surface area contributed by atoms with Crippen LogP contribution in [0.15, 0.2) is 48.5 Å². The molecule has 0 saturated carbocycles. The molecule has 0 radical (unpaired) electrons. The van der Waals surface area contributed by atoms with Gasteiger partial charge in [0.25, 0.3) is 0 Å². The number of aliphatic hydroxyl groups is 1. The molecule has 0 unspecified atom stereocenters. The number of ether oxygens (including phenoxy) is 3. The average molecular weight is 559 g/mol. The molecule has 216 valence electrons. The first-order valence-electron chi connectivity index (χ1n) is 13.1. The smallest absolute Gasteiger partial charge is 0.324 e. The standard InChI is InChI=1S/C28H35FN4O7/c1-38-17-26(35)33-13-12-31(18-28(37,19-33)20-40-24-9-5-22(29)6-10-24)15-21-3-7-23(8-4-21)39-14-2-11-32-16-25(34)30-27(32)36/h3-10,37H,2,11-20H2,1H3,(H,30,34,36)/t28-/m0/s1. The third-order valence-corrected chi connectivity index (χ3v) is 6.67. The highest BCUT2D eigenvalue weighted by Crippen LogP contribution is 2.21. The number of hydrogen-bond acceptors (Lipinski definition) is 8. The van der Waals surface area contributed by atoms with Gasteiger partial charge in [-0.3, -0.25) is 19.8 Å². The Morgan fingerprint density at radius 2 is 1.73 bits per heavy atom. The Bertz CT molecular complexity index is 1160. The number of hydrogen-bond donors (Lipinski definition) is 2. The van der Waals surface area contributed by atoms with E-state index in [4.69, 9.17) is 14.2 Å². The van der Waals surface area contributed by atoms with E-state index in [1.54, 1.807) is 4.90 Å². The third-order valence-electron chi connectivity index (χ3n) is 6.67. The first-order valence-corrected chi connectivity index (χ1v) is 13.1. The highest BCUT2D eigenvalue weighted by molar-refractivity contribution is 6.01. The molecule has 0 bridgehead atoms. The second-order valence-electron chi connectivity index (χ2n) is 10.0. The summed E-state index contributed by atoms with van der Waals surface area (Å²) in [5.74, 6) is 0.214. The number of benzene rings is 2. The lowest BCUT2D eigenvalue weighted by Gasteiger charge is -2.33. The Hall–Kier alpha value is -3.74. The van der Waals surface area contributed by atoms with E-state index < -0.39 is 5.60 Å². The third kappa shape index (κ3) is 8.38. The number of β-amino-alcohol motifs (C(OH)–C–C–N with tert-alkyl or cyclic N) is 1. The normalized spacial score (nSPS) is 19.9. The molecule has 4 amide bonds. The number of halogens is 1. The number of amides is 4. The van der Waals surface area contributed by atoms with Crippen molar-refractivity contribution in [3.05, 3.63) is 59.9 Å². The Balaban J connectivity index is 1.32. The molecule has 0 spiro atoms. The molecule has 12 heteroatoms. The number of nitrogens with zero attached hydrogens (tertiary/aromatic N) is 3. The summed E-state index contributed by atoms with van der Waals surface area (Å²) in [6.07, 6.45) is 0.590. The molecule has 2 aliphatic rings. The SMILES string of the molecule is COCC(=O)N1CCN(Cc2ccc(OCCCN3CC(=O)NC3=O)cc2)C[C@@](O)(COc2ccc(F)cc2)C1. The van der Waals surface area contributed by atoms with Crippen LogP contribution in [-0.2, 0) is 20.9 Å². The van der Waals surface area contributed by atoms with Crippen LogP contribution in [0.25, 0.3) is 0 Å². The van der Waals surface area contributed by atoms with Crippen molar-refractivity contribution in [1.82, 2.24) is 20.0 Å². The second-order valence-corrected chi connectivity index (χ2v) is 10.0. The first-order chi connectivity index (χ1) is 19.2. The first kappa shape index (κ1) is 29.2. The maximum atomic E-state index is 13.3. The van der Waals surface area contributed by atoms with Gasteiger partial charge in [-0.15, -0.1) is 0 Å². The van der Waals surface area contributed by atoms with Crippen LogP contribution in [0.2, 0.25) is 0 Å².